The summed E-state index contributed by atoms with van der Waals surface area (Å²) in [6.45, 7) is 2.04. The molecule has 0 aliphatic rings. The van der Waals surface area contributed by atoms with Gasteiger partial charge in [0.05, 0.1) is 27.3 Å². The molecule has 8 heteroatoms. The number of fused-ring (bicyclic) bond motifs is 2. The Morgan fingerprint density at radius 1 is 1.11 bits per heavy atom. The molecule has 2 N–H and O–H groups in total. The minimum absolute atomic E-state index is 0.179. The summed E-state index contributed by atoms with van der Waals surface area (Å²) >= 11 is 8.05. The molecule has 0 saturated heterocycles. The van der Waals surface area contributed by atoms with E-state index in [1.807, 2.05) is 31.2 Å². The molecule has 5 aromatic rings. The van der Waals surface area contributed by atoms with Gasteiger partial charge in [0.25, 0.3) is 0 Å². The van der Waals surface area contributed by atoms with Crippen LogP contribution < -0.4 is 5.43 Å². The molecule has 0 bridgehead atoms. The van der Waals surface area contributed by atoms with Crippen molar-refractivity contribution in [1.82, 2.24) is 25.1 Å². The van der Waals surface area contributed by atoms with Crippen LogP contribution in [0.25, 0.3) is 43.9 Å². The Hall–Kier alpha value is -3.03. The summed E-state index contributed by atoms with van der Waals surface area (Å²) in [6.07, 6.45) is 3.29. The van der Waals surface area contributed by atoms with E-state index in [9.17, 15) is 4.79 Å². The third-order valence-corrected chi connectivity index (χ3v) is 5.64. The quantitative estimate of drug-likeness (QED) is 0.460. The minimum Gasteiger partial charge on any atom is -0.345 e. The normalized spacial score (nSPS) is 11.5. The van der Waals surface area contributed by atoms with Crippen molar-refractivity contribution < 1.29 is 0 Å². The fraction of sp³-hybridized carbons (Fsp3) is 0.0526. The Morgan fingerprint density at radius 3 is 2.81 bits per heavy atom. The topological polar surface area (TPSA) is 87.3 Å². The van der Waals surface area contributed by atoms with Gasteiger partial charge in [-0.25, -0.2) is 9.97 Å². The van der Waals surface area contributed by atoms with Gasteiger partial charge in [0.1, 0.15) is 5.69 Å². The molecule has 0 unspecified atom stereocenters. The summed E-state index contributed by atoms with van der Waals surface area (Å²) < 4.78 is 0. The van der Waals surface area contributed by atoms with Gasteiger partial charge in [-0.15, -0.1) is 11.3 Å². The molecule has 0 aliphatic carbocycles. The fourth-order valence-electron chi connectivity index (χ4n) is 3.07. The Morgan fingerprint density at radius 2 is 2.00 bits per heavy atom. The summed E-state index contributed by atoms with van der Waals surface area (Å²) in [6, 6.07) is 9.26. The van der Waals surface area contributed by atoms with Crippen molar-refractivity contribution in [3.05, 3.63) is 62.8 Å². The van der Waals surface area contributed by atoms with Crippen LogP contribution >= 0.6 is 22.9 Å². The summed E-state index contributed by atoms with van der Waals surface area (Å²) in [5.41, 5.74) is 3.46. The lowest BCUT2D eigenvalue weighted by molar-refractivity contribution is 1.12. The smallest absolute Gasteiger partial charge is 0.209 e. The van der Waals surface area contributed by atoms with Crippen molar-refractivity contribution >= 4 is 45.0 Å². The van der Waals surface area contributed by atoms with Crippen LogP contribution in [0.1, 0.15) is 4.88 Å². The molecule has 0 radical (unpaired) electrons. The lowest BCUT2D eigenvalue weighted by atomic mass is 10.1. The highest BCUT2D eigenvalue weighted by Gasteiger charge is 2.17. The Kier molecular flexibility index (Phi) is 3.60. The summed E-state index contributed by atoms with van der Waals surface area (Å²) in [4.78, 5) is 26.8. The van der Waals surface area contributed by atoms with Crippen molar-refractivity contribution in [2.75, 3.05) is 0 Å². The highest BCUT2D eigenvalue weighted by molar-refractivity contribution is 7.15. The summed E-state index contributed by atoms with van der Waals surface area (Å²) in [5, 5.41) is 8.34. The number of aromatic amines is 2. The second-order valence-corrected chi connectivity index (χ2v) is 7.86. The van der Waals surface area contributed by atoms with Crippen LogP contribution in [0, 0.1) is 6.92 Å². The average molecular weight is 394 g/mol. The molecular weight excluding hydrogens is 382 g/mol. The maximum absolute atomic E-state index is 12.3. The molecular formula is C19H12ClN5OS. The van der Waals surface area contributed by atoms with Crippen molar-refractivity contribution in [1.29, 1.82) is 0 Å². The van der Waals surface area contributed by atoms with Crippen molar-refractivity contribution in [3.8, 4) is 21.8 Å². The van der Waals surface area contributed by atoms with E-state index in [1.54, 1.807) is 23.7 Å². The molecule has 0 aliphatic heterocycles. The van der Waals surface area contributed by atoms with Crippen LogP contribution in [0.15, 0.2) is 47.5 Å². The van der Waals surface area contributed by atoms with Gasteiger partial charge in [-0.1, -0.05) is 11.6 Å². The van der Waals surface area contributed by atoms with E-state index >= 15 is 0 Å². The van der Waals surface area contributed by atoms with Gasteiger partial charge in [-0.2, -0.15) is 5.10 Å². The van der Waals surface area contributed by atoms with E-state index in [0.29, 0.717) is 27.6 Å². The number of benzene rings is 1. The number of halogens is 1. The largest absolute Gasteiger partial charge is 0.345 e. The van der Waals surface area contributed by atoms with Crippen LogP contribution in [0.3, 0.4) is 0 Å². The van der Waals surface area contributed by atoms with Crippen molar-refractivity contribution in [3.63, 3.8) is 0 Å². The van der Waals surface area contributed by atoms with Gasteiger partial charge < -0.3 is 4.98 Å². The van der Waals surface area contributed by atoms with Crippen molar-refractivity contribution in [2.45, 2.75) is 6.92 Å². The number of nitrogens with zero attached hydrogens (tertiary/aromatic N) is 3. The second-order valence-electron chi connectivity index (χ2n) is 6.16. The van der Waals surface area contributed by atoms with Gasteiger partial charge in [0.15, 0.2) is 11.2 Å². The third-order valence-electron chi connectivity index (χ3n) is 4.33. The minimum atomic E-state index is -0.179. The molecule has 5 rings (SSSR count). The number of H-pyrrole nitrogens is 2. The standard InChI is InChI=1S/C19H12ClN5OS/c1-9-2-3-14(27-9)18-16(23-17-13(26)4-5-21-19(17)24-18)10-6-11-8-22-25-15(11)12(20)7-10/h2-8H,1H3,(H,22,25)(H,21,24,26). The van der Waals surface area contributed by atoms with Gasteiger partial charge in [-0.3, -0.25) is 9.89 Å². The highest BCUT2D eigenvalue weighted by Crippen LogP contribution is 2.36. The van der Waals surface area contributed by atoms with Gasteiger partial charge in [0.2, 0.25) is 5.43 Å². The van der Waals surface area contributed by atoms with Crippen LogP contribution in [0.2, 0.25) is 5.02 Å². The van der Waals surface area contributed by atoms with Gasteiger partial charge in [-0.05, 0) is 31.2 Å². The lowest BCUT2D eigenvalue weighted by Gasteiger charge is -2.09. The highest BCUT2D eigenvalue weighted by atomic mass is 35.5. The number of nitrogens with one attached hydrogen (secondary N) is 2. The number of hydrogen-bond acceptors (Lipinski definition) is 5. The van der Waals surface area contributed by atoms with Crippen LogP contribution in [0.5, 0.6) is 0 Å². The van der Waals surface area contributed by atoms with E-state index < -0.39 is 0 Å². The molecule has 0 fully saturated rings. The van der Waals surface area contributed by atoms with E-state index in [2.05, 4.69) is 20.2 Å². The van der Waals surface area contributed by atoms with Crippen LogP contribution in [-0.4, -0.2) is 25.1 Å². The van der Waals surface area contributed by atoms with Crippen molar-refractivity contribution in [2.24, 2.45) is 0 Å². The molecule has 4 aromatic heterocycles. The Labute approximate surface area is 161 Å². The second kappa shape index (κ2) is 6.00. The van der Waals surface area contributed by atoms with E-state index in [4.69, 9.17) is 16.6 Å². The molecule has 6 nitrogen and oxygen atoms in total. The molecule has 4 heterocycles. The Bertz CT molecular complexity index is 1380. The maximum atomic E-state index is 12.3. The zero-order valence-electron chi connectivity index (χ0n) is 14.1. The zero-order chi connectivity index (χ0) is 18.5. The molecule has 27 heavy (non-hydrogen) atoms. The molecule has 0 atom stereocenters. The zero-order valence-corrected chi connectivity index (χ0v) is 15.6. The average Bonchev–Trinajstić information content (AvgIpc) is 3.30. The first kappa shape index (κ1) is 16.2. The number of rotatable bonds is 2. The monoisotopic (exact) mass is 393 g/mol. The number of aromatic nitrogens is 5. The number of thiophene rings is 1. The number of aryl methyl sites for hydroxylation is 1. The molecule has 0 saturated carbocycles. The third kappa shape index (κ3) is 2.63. The van der Waals surface area contributed by atoms with Gasteiger partial charge in [0, 0.05) is 28.1 Å². The first-order valence-electron chi connectivity index (χ1n) is 8.19. The predicted molar refractivity (Wildman–Crippen MR) is 108 cm³/mol. The maximum Gasteiger partial charge on any atom is 0.209 e. The van der Waals surface area contributed by atoms with Crippen LogP contribution in [0.4, 0.5) is 0 Å². The molecule has 0 amide bonds. The first-order chi connectivity index (χ1) is 13.1. The van der Waals surface area contributed by atoms with Gasteiger partial charge >= 0.3 is 0 Å². The van der Waals surface area contributed by atoms with Crippen LogP contribution in [-0.2, 0) is 0 Å². The Balaban J connectivity index is 1.88. The predicted octanol–water partition coefficient (Wildman–Crippen LogP) is 4.55. The van der Waals surface area contributed by atoms with E-state index in [1.165, 1.54) is 10.9 Å². The lowest BCUT2D eigenvalue weighted by Crippen LogP contribution is -2.06. The van der Waals surface area contributed by atoms with E-state index in [0.717, 1.165) is 21.3 Å². The fourth-order valence-corrected chi connectivity index (χ4v) is 4.20. The summed E-state index contributed by atoms with van der Waals surface area (Å²) in [5.74, 6) is 0. The SMILES string of the molecule is Cc1ccc(-c2nc3[nH]ccc(=O)c3nc2-c2cc(Cl)c3[nH]ncc3c2)s1. The van der Waals surface area contributed by atoms with E-state index in [-0.39, 0.29) is 5.43 Å². The summed E-state index contributed by atoms with van der Waals surface area (Å²) in [7, 11) is 0. The number of pyridine rings is 1. The molecule has 1 aromatic carbocycles. The molecule has 132 valence electrons. The number of hydrogen-bond donors (Lipinski definition) is 2. The first-order valence-corrected chi connectivity index (χ1v) is 9.39. The molecule has 0 spiro atoms.